The van der Waals surface area contributed by atoms with Crippen LogP contribution in [0.2, 0.25) is 0 Å². The maximum absolute atomic E-state index is 10.5. The molecular formula is C56H41N5OSi. The highest BCUT2D eigenvalue weighted by Crippen LogP contribution is 2.51. The number of hydrogen-bond acceptors (Lipinski definition) is 4. The fourth-order valence-electron chi connectivity index (χ4n) is 9.79. The first-order valence-corrected chi connectivity index (χ1v) is 23.1. The Labute approximate surface area is 372 Å². The molecule has 0 spiro atoms. The predicted molar refractivity (Wildman–Crippen MR) is 256 cm³/mol. The smallest absolute Gasteiger partial charge is 0.220 e. The molecule has 7 aromatic carbocycles. The number of ether oxygens (including phenoxy) is 1. The molecule has 12 rings (SSSR count). The van der Waals surface area contributed by atoms with Crippen LogP contribution in [0.25, 0.3) is 33.5 Å². The van der Waals surface area contributed by atoms with Gasteiger partial charge in [-0.25, -0.2) is 4.98 Å². The average Bonchev–Trinajstić information content (AvgIpc) is 3.92. The molecule has 0 amide bonds. The van der Waals surface area contributed by atoms with E-state index in [1.165, 1.54) is 0 Å². The Kier molecular flexibility index (Phi) is 7.79. The topological polar surface area (TPSA) is 57.2 Å². The number of para-hydroxylation sites is 6. The van der Waals surface area contributed by atoms with Crippen molar-refractivity contribution in [3.8, 4) is 17.2 Å². The number of hydrogen-bond donors (Lipinski definition) is 0. The molecule has 1 aliphatic heterocycles. The van der Waals surface area contributed by atoms with Gasteiger partial charge in [0, 0.05) is 52.5 Å². The van der Waals surface area contributed by atoms with E-state index < -0.39 is 26.2 Å². The van der Waals surface area contributed by atoms with Crippen molar-refractivity contribution < 1.29 is 10.2 Å². The van der Waals surface area contributed by atoms with Crippen LogP contribution in [0, 0.1) is 0 Å². The van der Waals surface area contributed by atoms with Gasteiger partial charge in [0.1, 0.15) is 11.5 Å². The summed E-state index contributed by atoms with van der Waals surface area (Å²) in [6.07, 6.45) is 1.47. The number of imidazole rings is 2. The SMILES string of the molecule is [2H]C([2H])(c1ccncc1)C1(C([2H])([2H])c2ccncc2)c2ccccc2Oc2c1cccc2[Si](c1ccccc1)(c1ccccc1)c1cccc(-n2c3ccccc3n3c4ccccc4nc23)c1. The number of benzene rings is 7. The van der Waals surface area contributed by atoms with E-state index in [2.05, 4.69) is 128 Å². The van der Waals surface area contributed by atoms with E-state index in [0.717, 1.165) is 54.3 Å². The fraction of sp³-hybridized carbons (Fsp3) is 0.0536. The molecule has 5 heterocycles. The summed E-state index contributed by atoms with van der Waals surface area (Å²) in [5, 5.41) is 4.04. The molecule has 0 atom stereocenters. The maximum atomic E-state index is 10.5. The Bertz CT molecular complexity index is 3550. The van der Waals surface area contributed by atoms with Gasteiger partial charge in [-0.3, -0.25) is 18.9 Å². The van der Waals surface area contributed by atoms with E-state index in [0.29, 0.717) is 22.6 Å². The van der Waals surface area contributed by atoms with E-state index in [-0.39, 0.29) is 11.1 Å². The molecule has 0 radical (unpaired) electrons. The lowest BCUT2D eigenvalue weighted by Crippen LogP contribution is -2.75. The summed E-state index contributed by atoms with van der Waals surface area (Å²) in [4.78, 5) is 13.7. The number of rotatable bonds is 9. The predicted octanol–water partition coefficient (Wildman–Crippen LogP) is 9.48. The third-order valence-electron chi connectivity index (χ3n) is 12.4. The van der Waals surface area contributed by atoms with Crippen LogP contribution in [-0.2, 0) is 18.2 Å². The molecule has 0 N–H and O–H groups in total. The molecule has 7 heteroatoms. The second-order valence-electron chi connectivity index (χ2n) is 15.8. The molecule has 6 nitrogen and oxygen atoms in total. The molecule has 0 fully saturated rings. The molecule has 4 aromatic heterocycles. The van der Waals surface area contributed by atoms with Crippen LogP contribution >= 0.6 is 0 Å². The van der Waals surface area contributed by atoms with Crippen LogP contribution in [0.3, 0.4) is 0 Å². The Morgan fingerprint density at radius 1 is 0.508 bits per heavy atom. The lowest BCUT2D eigenvalue weighted by atomic mass is 9.65. The summed E-state index contributed by atoms with van der Waals surface area (Å²) < 4.78 is 53.8. The van der Waals surface area contributed by atoms with E-state index in [1.54, 1.807) is 49.1 Å². The number of pyridine rings is 2. The van der Waals surface area contributed by atoms with Crippen molar-refractivity contribution >= 4 is 56.7 Å². The monoisotopic (exact) mass is 831 g/mol. The van der Waals surface area contributed by atoms with Gasteiger partial charge < -0.3 is 4.74 Å². The second kappa shape index (κ2) is 14.9. The molecule has 1 aliphatic rings. The normalized spacial score (nSPS) is 14.5. The van der Waals surface area contributed by atoms with Crippen molar-refractivity contribution in [3.05, 3.63) is 247 Å². The van der Waals surface area contributed by atoms with E-state index in [4.69, 9.17) is 9.72 Å². The van der Waals surface area contributed by atoms with Gasteiger partial charge in [-0.1, -0.05) is 133 Å². The van der Waals surface area contributed by atoms with Gasteiger partial charge in [-0.15, -0.1) is 0 Å². The maximum Gasteiger partial charge on any atom is 0.220 e. The van der Waals surface area contributed by atoms with E-state index in [1.807, 2.05) is 66.7 Å². The van der Waals surface area contributed by atoms with E-state index >= 15 is 0 Å². The number of fused-ring (bicyclic) bond motifs is 7. The largest absolute Gasteiger partial charge is 0.457 e. The van der Waals surface area contributed by atoms with Gasteiger partial charge in [0.25, 0.3) is 0 Å². The Morgan fingerprint density at radius 3 is 1.76 bits per heavy atom. The van der Waals surface area contributed by atoms with Crippen molar-refractivity contribution in [2.75, 3.05) is 0 Å². The van der Waals surface area contributed by atoms with Crippen LogP contribution in [-0.4, -0.2) is 32.0 Å². The molecule has 300 valence electrons. The molecule has 63 heavy (non-hydrogen) atoms. The van der Waals surface area contributed by atoms with Crippen molar-refractivity contribution in [2.24, 2.45) is 0 Å². The minimum Gasteiger partial charge on any atom is -0.457 e. The Hall–Kier alpha value is -7.87. The molecule has 0 saturated carbocycles. The van der Waals surface area contributed by atoms with Gasteiger partial charge in [0.05, 0.1) is 22.1 Å². The first-order valence-electron chi connectivity index (χ1n) is 23.1. The minimum atomic E-state index is -3.58. The molecular weight excluding hydrogens is 787 g/mol. The van der Waals surface area contributed by atoms with Gasteiger partial charge >= 0.3 is 0 Å². The molecule has 0 aliphatic carbocycles. The van der Waals surface area contributed by atoms with Crippen molar-refractivity contribution in [1.82, 2.24) is 23.9 Å². The van der Waals surface area contributed by atoms with Gasteiger partial charge in [0.15, 0.2) is 8.07 Å². The highest BCUT2D eigenvalue weighted by molar-refractivity contribution is 7.20. The summed E-state index contributed by atoms with van der Waals surface area (Å²) in [5.41, 5.74) is 4.24. The highest BCUT2D eigenvalue weighted by Gasteiger charge is 2.49. The highest BCUT2D eigenvalue weighted by atomic mass is 28.3. The molecule has 0 bridgehead atoms. The van der Waals surface area contributed by atoms with Gasteiger partial charge in [-0.2, -0.15) is 0 Å². The second-order valence-corrected chi connectivity index (χ2v) is 19.6. The standard InChI is InChI=1S/C56H41N5OSi/c1-3-16-43(17-4-1)63(44-18-5-2-6-19-44,45-20-13-15-42(37-45)60-50-25-10-11-26-51(50)61-49-24-9-8-23-48(49)59-55(60)61)53-28-14-22-47-54(53)62-52-27-12-7-21-46(52)56(47,38-40-29-33-57-34-30-40)39-41-31-35-58-36-32-41/h1-37H,38-39H2/i38D2,39D2. The Morgan fingerprint density at radius 2 is 1.06 bits per heavy atom. The zero-order valence-corrected chi connectivity index (χ0v) is 35.0. The van der Waals surface area contributed by atoms with Crippen molar-refractivity contribution in [1.29, 1.82) is 0 Å². The van der Waals surface area contributed by atoms with Crippen LogP contribution < -0.4 is 25.5 Å². The Balaban J connectivity index is 1.22. The van der Waals surface area contributed by atoms with Crippen molar-refractivity contribution in [2.45, 2.75) is 18.2 Å². The molecule has 0 unspecified atom stereocenters. The first-order chi connectivity index (χ1) is 32.8. The quantitative estimate of drug-likeness (QED) is 0.108. The molecule has 11 aromatic rings. The summed E-state index contributed by atoms with van der Waals surface area (Å²) in [7, 11) is -3.58. The van der Waals surface area contributed by atoms with Crippen LogP contribution in [0.1, 0.15) is 27.7 Å². The van der Waals surface area contributed by atoms with Crippen LogP contribution in [0.4, 0.5) is 0 Å². The summed E-state index contributed by atoms with van der Waals surface area (Å²) in [5.74, 6) is 1.60. The number of aromatic nitrogens is 5. The van der Waals surface area contributed by atoms with Gasteiger partial charge in [0.2, 0.25) is 5.78 Å². The van der Waals surface area contributed by atoms with E-state index in [9.17, 15) is 5.48 Å². The zero-order valence-electron chi connectivity index (χ0n) is 38.0. The zero-order chi connectivity index (χ0) is 45.4. The first kappa shape index (κ1) is 32.8. The fourth-order valence-corrected chi connectivity index (χ4v) is 14.7. The average molecular weight is 832 g/mol. The summed E-state index contributed by atoms with van der Waals surface area (Å²) in [6.45, 7) is 0. The lowest BCUT2D eigenvalue weighted by molar-refractivity contribution is 0.387. The molecule has 0 saturated heterocycles. The third kappa shape index (κ3) is 5.81. The summed E-state index contributed by atoms with van der Waals surface area (Å²) in [6, 6.07) is 66.3. The minimum absolute atomic E-state index is 0.285. The summed E-state index contributed by atoms with van der Waals surface area (Å²) >= 11 is 0. The van der Waals surface area contributed by atoms with Crippen LogP contribution in [0.15, 0.2) is 225 Å². The number of nitrogens with zero attached hydrogens (tertiary/aromatic N) is 5. The van der Waals surface area contributed by atoms with Crippen molar-refractivity contribution in [3.63, 3.8) is 0 Å². The van der Waals surface area contributed by atoms with Crippen LogP contribution in [0.5, 0.6) is 11.5 Å². The lowest BCUT2D eigenvalue weighted by Gasteiger charge is -2.44. The third-order valence-corrected chi connectivity index (χ3v) is 17.2. The van der Waals surface area contributed by atoms with Gasteiger partial charge in [-0.05, 0) is 111 Å².